The summed E-state index contributed by atoms with van der Waals surface area (Å²) in [5.74, 6) is 1.53. The molecule has 2 aliphatic rings. The van der Waals surface area contributed by atoms with Gasteiger partial charge in [0.25, 0.3) is 5.89 Å². The molecular formula is C13H14N2O2S. The molecular weight excluding hydrogens is 248 g/mol. The Balaban J connectivity index is 1.70. The van der Waals surface area contributed by atoms with Gasteiger partial charge in [0.1, 0.15) is 0 Å². The summed E-state index contributed by atoms with van der Waals surface area (Å²) in [4.78, 5) is 7.02. The average Bonchev–Trinajstić information content (AvgIpc) is 2.88. The van der Waals surface area contributed by atoms with E-state index in [1.54, 1.807) is 11.3 Å². The summed E-state index contributed by atoms with van der Waals surface area (Å²) in [6, 6.07) is 2.13. The quantitative estimate of drug-likeness (QED) is 0.835. The molecule has 0 spiro atoms. The van der Waals surface area contributed by atoms with Gasteiger partial charge in [0.2, 0.25) is 0 Å². The van der Waals surface area contributed by atoms with Crippen LogP contribution in [0.3, 0.4) is 0 Å². The first-order valence-corrected chi connectivity index (χ1v) is 7.10. The molecule has 1 saturated carbocycles. The summed E-state index contributed by atoms with van der Waals surface area (Å²) in [7, 11) is 0. The molecule has 0 amide bonds. The van der Waals surface area contributed by atoms with Crippen molar-refractivity contribution < 1.29 is 9.26 Å². The van der Waals surface area contributed by atoms with E-state index in [4.69, 9.17) is 9.26 Å². The highest BCUT2D eigenvalue weighted by molar-refractivity contribution is 7.15. The van der Waals surface area contributed by atoms with Gasteiger partial charge in [-0.2, -0.15) is 4.98 Å². The van der Waals surface area contributed by atoms with Crippen LogP contribution in [-0.2, 0) is 23.2 Å². The highest BCUT2D eigenvalue weighted by atomic mass is 32.1. The zero-order valence-electron chi connectivity index (χ0n) is 10.2. The average molecular weight is 262 g/mol. The predicted molar refractivity (Wildman–Crippen MR) is 67.6 cm³/mol. The molecule has 0 radical (unpaired) electrons. The molecule has 0 atom stereocenters. The molecule has 1 fully saturated rings. The SMILES string of the molecule is CC1(c2noc(-c3cc4c(s3)CCOC4)n2)CC1. The third-order valence-electron chi connectivity index (χ3n) is 3.80. The Bertz CT molecular complexity index is 574. The molecule has 94 valence electrons. The Morgan fingerprint density at radius 2 is 2.28 bits per heavy atom. The van der Waals surface area contributed by atoms with Gasteiger partial charge in [-0.3, -0.25) is 0 Å². The molecule has 2 aromatic rings. The van der Waals surface area contributed by atoms with Gasteiger partial charge in [0.05, 0.1) is 18.1 Å². The second kappa shape index (κ2) is 3.65. The van der Waals surface area contributed by atoms with E-state index in [1.165, 1.54) is 23.3 Å². The van der Waals surface area contributed by atoms with Crippen molar-refractivity contribution in [3.05, 3.63) is 22.3 Å². The number of hydrogen-bond acceptors (Lipinski definition) is 5. The molecule has 1 aliphatic heterocycles. The Kier molecular flexibility index (Phi) is 2.17. The summed E-state index contributed by atoms with van der Waals surface area (Å²) in [5.41, 5.74) is 1.44. The topological polar surface area (TPSA) is 48.2 Å². The maximum absolute atomic E-state index is 5.45. The van der Waals surface area contributed by atoms with Crippen LogP contribution in [0.5, 0.6) is 0 Å². The van der Waals surface area contributed by atoms with Crippen molar-refractivity contribution in [2.24, 2.45) is 0 Å². The van der Waals surface area contributed by atoms with Gasteiger partial charge in [-0.15, -0.1) is 11.3 Å². The van der Waals surface area contributed by atoms with Crippen molar-refractivity contribution in [1.29, 1.82) is 0 Å². The van der Waals surface area contributed by atoms with Crippen LogP contribution in [0.2, 0.25) is 0 Å². The summed E-state index contributed by atoms with van der Waals surface area (Å²) in [6.07, 6.45) is 3.33. The predicted octanol–water partition coefficient (Wildman–Crippen LogP) is 2.92. The van der Waals surface area contributed by atoms with Crippen LogP contribution in [0.1, 0.15) is 36.0 Å². The Labute approximate surface area is 109 Å². The minimum Gasteiger partial charge on any atom is -0.376 e. The molecule has 18 heavy (non-hydrogen) atoms. The second-order valence-electron chi connectivity index (χ2n) is 5.35. The molecule has 0 aromatic carbocycles. The maximum Gasteiger partial charge on any atom is 0.268 e. The minimum atomic E-state index is 0.168. The van der Waals surface area contributed by atoms with Crippen molar-refractivity contribution in [1.82, 2.24) is 10.1 Å². The largest absolute Gasteiger partial charge is 0.376 e. The van der Waals surface area contributed by atoms with E-state index >= 15 is 0 Å². The van der Waals surface area contributed by atoms with Crippen LogP contribution in [0.4, 0.5) is 0 Å². The molecule has 0 bridgehead atoms. The summed E-state index contributed by atoms with van der Waals surface area (Å²) >= 11 is 1.76. The van der Waals surface area contributed by atoms with Crippen molar-refractivity contribution >= 4 is 11.3 Å². The lowest BCUT2D eigenvalue weighted by atomic mass is 10.1. The van der Waals surface area contributed by atoms with Crippen LogP contribution < -0.4 is 0 Å². The first-order chi connectivity index (χ1) is 8.74. The molecule has 4 rings (SSSR count). The van der Waals surface area contributed by atoms with E-state index in [-0.39, 0.29) is 5.41 Å². The molecule has 3 heterocycles. The lowest BCUT2D eigenvalue weighted by Crippen LogP contribution is -2.05. The third-order valence-corrected chi connectivity index (χ3v) is 5.03. The standard InChI is InChI=1S/C13H14N2O2S/c1-13(3-4-13)12-14-11(17-15-12)10-6-8-7-16-5-2-9(8)18-10/h6H,2-5,7H2,1H3. The molecule has 0 N–H and O–H groups in total. The summed E-state index contributed by atoms with van der Waals surface area (Å²) < 4.78 is 10.9. The van der Waals surface area contributed by atoms with Gasteiger partial charge in [-0.05, 0) is 24.5 Å². The fraction of sp³-hybridized carbons (Fsp3) is 0.538. The van der Waals surface area contributed by atoms with E-state index in [9.17, 15) is 0 Å². The molecule has 2 aromatic heterocycles. The third kappa shape index (κ3) is 1.61. The van der Waals surface area contributed by atoms with Crippen LogP contribution in [-0.4, -0.2) is 16.7 Å². The Hall–Kier alpha value is -1.20. The zero-order valence-corrected chi connectivity index (χ0v) is 11.0. The van der Waals surface area contributed by atoms with Gasteiger partial charge >= 0.3 is 0 Å². The molecule has 4 nitrogen and oxygen atoms in total. The number of ether oxygens (including phenoxy) is 1. The zero-order chi connectivity index (χ0) is 12.2. The van der Waals surface area contributed by atoms with E-state index in [2.05, 4.69) is 23.1 Å². The maximum atomic E-state index is 5.45. The van der Waals surface area contributed by atoms with Crippen LogP contribution in [0.25, 0.3) is 10.8 Å². The molecule has 0 saturated heterocycles. The van der Waals surface area contributed by atoms with Crippen LogP contribution >= 0.6 is 11.3 Å². The van der Waals surface area contributed by atoms with Crippen molar-refractivity contribution in [2.45, 2.75) is 38.2 Å². The highest BCUT2D eigenvalue weighted by Crippen LogP contribution is 2.46. The monoisotopic (exact) mass is 262 g/mol. The van der Waals surface area contributed by atoms with Crippen molar-refractivity contribution in [3.8, 4) is 10.8 Å². The Morgan fingerprint density at radius 1 is 1.39 bits per heavy atom. The minimum absolute atomic E-state index is 0.168. The van der Waals surface area contributed by atoms with Crippen LogP contribution in [0.15, 0.2) is 10.6 Å². The van der Waals surface area contributed by atoms with Gasteiger partial charge < -0.3 is 9.26 Å². The van der Waals surface area contributed by atoms with Gasteiger partial charge in [-0.1, -0.05) is 12.1 Å². The van der Waals surface area contributed by atoms with Gasteiger partial charge in [-0.25, -0.2) is 0 Å². The summed E-state index contributed by atoms with van der Waals surface area (Å²) in [5, 5.41) is 4.12. The number of thiophene rings is 1. The molecule has 1 aliphatic carbocycles. The van der Waals surface area contributed by atoms with Gasteiger partial charge in [0, 0.05) is 16.7 Å². The lowest BCUT2D eigenvalue weighted by Gasteiger charge is -2.10. The van der Waals surface area contributed by atoms with Crippen molar-refractivity contribution in [3.63, 3.8) is 0 Å². The first kappa shape index (κ1) is 10.7. The second-order valence-corrected chi connectivity index (χ2v) is 6.48. The van der Waals surface area contributed by atoms with E-state index < -0.39 is 0 Å². The lowest BCUT2D eigenvalue weighted by molar-refractivity contribution is 0.112. The fourth-order valence-corrected chi connectivity index (χ4v) is 3.30. The highest BCUT2D eigenvalue weighted by Gasteiger charge is 2.43. The summed E-state index contributed by atoms with van der Waals surface area (Å²) in [6.45, 7) is 3.72. The normalized spacial score (nSPS) is 20.7. The fourth-order valence-electron chi connectivity index (χ4n) is 2.23. The number of aromatic nitrogens is 2. The van der Waals surface area contributed by atoms with E-state index in [0.29, 0.717) is 12.5 Å². The number of fused-ring (bicyclic) bond motifs is 1. The van der Waals surface area contributed by atoms with Crippen molar-refractivity contribution in [2.75, 3.05) is 6.61 Å². The number of hydrogen-bond donors (Lipinski definition) is 0. The first-order valence-electron chi connectivity index (χ1n) is 6.28. The molecule has 0 unspecified atom stereocenters. The Morgan fingerprint density at radius 3 is 3.06 bits per heavy atom. The molecule has 5 heteroatoms. The van der Waals surface area contributed by atoms with E-state index in [1.807, 2.05) is 0 Å². The van der Waals surface area contributed by atoms with E-state index in [0.717, 1.165) is 23.7 Å². The number of nitrogens with zero attached hydrogens (tertiary/aromatic N) is 2. The smallest absolute Gasteiger partial charge is 0.268 e. The van der Waals surface area contributed by atoms with Gasteiger partial charge in [0.15, 0.2) is 5.82 Å². The van der Waals surface area contributed by atoms with Crippen LogP contribution in [0, 0.1) is 0 Å². The number of rotatable bonds is 2.